The normalized spacial score (nSPS) is 10.6. The van der Waals surface area contributed by atoms with Crippen LogP contribution in [0, 0.1) is 6.92 Å². The predicted molar refractivity (Wildman–Crippen MR) is 90.1 cm³/mol. The Balaban J connectivity index is 2.46. The summed E-state index contributed by atoms with van der Waals surface area (Å²) in [5.74, 6) is -0.958. The molecular weight excluding hydrogens is 308 g/mol. The van der Waals surface area contributed by atoms with Gasteiger partial charge in [0.25, 0.3) is 5.91 Å². The Morgan fingerprint density at radius 2 is 1.75 bits per heavy atom. The number of carboxylic acids is 1. The van der Waals surface area contributed by atoms with E-state index >= 15 is 0 Å². The molecule has 1 N–H and O–H groups in total. The van der Waals surface area contributed by atoms with E-state index in [-0.39, 0.29) is 11.5 Å². The van der Waals surface area contributed by atoms with Crippen LogP contribution in [0.15, 0.2) is 28.9 Å². The molecule has 0 radical (unpaired) electrons. The van der Waals surface area contributed by atoms with Gasteiger partial charge in [-0.3, -0.25) is 4.79 Å². The molecule has 0 atom stereocenters. The Morgan fingerprint density at radius 1 is 1.12 bits per heavy atom. The van der Waals surface area contributed by atoms with Gasteiger partial charge in [0.15, 0.2) is 0 Å². The van der Waals surface area contributed by atoms with Gasteiger partial charge in [0.05, 0.1) is 11.3 Å². The maximum absolute atomic E-state index is 12.8. The smallest absolute Gasteiger partial charge is 0.335 e. The number of aryl methyl sites for hydroxylation is 1. The first-order valence-electron chi connectivity index (χ1n) is 8.06. The van der Waals surface area contributed by atoms with E-state index in [0.717, 1.165) is 12.8 Å². The third-order valence-electron chi connectivity index (χ3n) is 3.57. The number of benzene rings is 1. The SMILES string of the molecule is CCCN(CCC)C(=O)c1cc(C(=O)O)cc(-c2nc(C)co2)c1. The van der Waals surface area contributed by atoms with E-state index in [9.17, 15) is 14.7 Å². The van der Waals surface area contributed by atoms with E-state index < -0.39 is 5.97 Å². The van der Waals surface area contributed by atoms with E-state index in [1.807, 2.05) is 13.8 Å². The van der Waals surface area contributed by atoms with Gasteiger partial charge in [0, 0.05) is 24.2 Å². The summed E-state index contributed by atoms with van der Waals surface area (Å²) in [6, 6.07) is 4.51. The number of amides is 1. The third kappa shape index (κ3) is 4.01. The maximum atomic E-state index is 12.8. The summed E-state index contributed by atoms with van der Waals surface area (Å²) in [4.78, 5) is 30.1. The highest BCUT2D eigenvalue weighted by Gasteiger charge is 2.19. The fraction of sp³-hybridized carbons (Fsp3) is 0.389. The molecule has 2 aromatic rings. The first-order valence-corrected chi connectivity index (χ1v) is 8.06. The second kappa shape index (κ2) is 7.77. The summed E-state index contributed by atoms with van der Waals surface area (Å²) in [7, 11) is 0. The average Bonchev–Trinajstić information content (AvgIpc) is 3.00. The lowest BCUT2D eigenvalue weighted by atomic mass is 10.0. The predicted octanol–water partition coefficient (Wildman–Crippen LogP) is 3.61. The van der Waals surface area contributed by atoms with Crippen molar-refractivity contribution < 1.29 is 19.1 Å². The first-order chi connectivity index (χ1) is 11.5. The van der Waals surface area contributed by atoms with Gasteiger partial charge < -0.3 is 14.4 Å². The number of carboxylic acid groups (broad SMARTS) is 1. The summed E-state index contributed by atoms with van der Waals surface area (Å²) in [6.45, 7) is 7.06. The van der Waals surface area contributed by atoms with Crippen molar-refractivity contribution in [1.82, 2.24) is 9.88 Å². The summed E-state index contributed by atoms with van der Waals surface area (Å²) in [5.41, 5.74) is 1.55. The molecule has 0 unspecified atom stereocenters. The number of carbonyl (C=O) groups excluding carboxylic acids is 1. The Kier molecular flexibility index (Phi) is 5.73. The topological polar surface area (TPSA) is 83.6 Å². The highest BCUT2D eigenvalue weighted by atomic mass is 16.4. The highest BCUT2D eigenvalue weighted by molar-refractivity contribution is 5.99. The molecule has 1 amide bonds. The van der Waals surface area contributed by atoms with Gasteiger partial charge in [-0.2, -0.15) is 0 Å². The molecule has 0 saturated heterocycles. The largest absolute Gasteiger partial charge is 0.478 e. The number of hydrogen-bond acceptors (Lipinski definition) is 4. The summed E-state index contributed by atoms with van der Waals surface area (Å²) < 4.78 is 5.35. The van der Waals surface area contributed by atoms with Crippen LogP contribution in [0.4, 0.5) is 0 Å². The zero-order valence-corrected chi connectivity index (χ0v) is 14.2. The maximum Gasteiger partial charge on any atom is 0.335 e. The molecule has 0 aliphatic rings. The van der Waals surface area contributed by atoms with Gasteiger partial charge >= 0.3 is 5.97 Å². The number of aromatic carboxylic acids is 1. The molecule has 0 bridgehead atoms. The molecule has 0 saturated carbocycles. The lowest BCUT2D eigenvalue weighted by Crippen LogP contribution is -2.32. The third-order valence-corrected chi connectivity index (χ3v) is 3.57. The molecule has 0 aliphatic carbocycles. The molecule has 6 heteroatoms. The second-order valence-electron chi connectivity index (χ2n) is 5.69. The number of aromatic nitrogens is 1. The lowest BCUT2D eigenvalue weighted by Gasteiger charge is -2.22. The van der Waals surface area contributed by atoms with Crippen LogP contribution in [0.2, 0.25) is 0 Å². The molecular formula is C18H22N2O4. The van der Waals surface area contributed by atoms with Crippen LogP contribution >= 0.6 is 0 Å². The van der Waals surface area contributed by atoms with Crippen LogP contribution in [-0.4, -0.2) is 40.0 Å². The van der Waals surface area contributed by atoms with E-state index in [4.69, 9.17) is 4.42 Å². The minimum absolute atomic E-state index is 0.0413. The van der Waals surface area contributed by atoms with Crippen LogP contribution in [0.5, 0.6) is 0 Å². The van der Waals surface area contributed by atoms with Crippen LogP contribution in [0.25, 0.3) is 11.5 Å². The fourth-order valence-corrected chi connectivity index (χ4v) is 2.52. The van der Waals surface area contributed by atoms with Crippen molar-refractivity contribution in [3.05, 3.63) is 41.3 Å². The van der Waals surface area contributed by atoms with Crippen LogP contribution in [0.3, 0.4) is 0 Å². The van der Waals surface area contributed by atoms with Gasteiger partial charge in [0.1, 0.15) is 6.26 Å². The highest BCUT2D eigenvalue weighted by Crippen LogP contribution is 2.23. The van der Waals surface area contributed by atoms with E-state index in [1.165, 1.54) is 18.4 Å². The average molecular weight is 330 g/mol. The molecule has 0 aliphatic heterocycles. The second-order valence-corrected chi connectivity index (χ2v) is 5.69. The van der Waals surface area contributed by atoms with Gasteiger partial charge in [0.2, 0.25) is 5.89 Å². The van der Waals surface area contributed by atoms with Crippen molar-refractivity contribution in [2.75, 3.05) is 13.1 Å². The van der Waals surface area contributed by atoms with E-state index in [0.29, 0.717) is 35.8 Å². The molecule has 1 aromatic carbocycles. The quantitative estimate of drug-likeness (QED) is 0.838. The lowest BCUT2D eigenvalue weighted by molar-refractivity contribution is 0.0697. The minimum Gasteiger partial charge on any atom is -0.478 e. The molecule has 0 spiro atoms. The molecule has 6 nitrogen and oxygen atoms in total. The minimum atomic E-state index is -1.09. The van der Waals surface area contributed by atoms with Crippen LogP contribution < -0.4 is 0 Å². The number of carbonyl (C=O) groups is 2. The Morgan fingerprint density at radius 3 is 2.25 bits per heavy atom. The zero-order valence-electron chi connectivity index (χ0n) is 14.2. The fourth-order valence-electron chi connectivity index (χ4n) is 2.52. The molecule has 0 fully saturated rings. The van der Waals surface area contributed by atoms with Crippen molar-refractivity contribution in [3.8, 4) is 11.5 Å². The van der Waals surface area contributed by atoms with Crippen molar-refractivity contribution in [2.24, 2.45) is 0 Å². The van der Waals surface area contributed by atoms with Crippen molar-refractivity contribution >= 4 is 11.9 Å². The standard InChI is InChI=1S/C18H22N2O4/c1-4-6-20(7-5-2)17(21)14-8-13(9-15(10-14)18(22)23)16-19-12(3)11-24-16/h8-11H,4-7H2,1-3H3,(H,22,23). The van der Waals surface area contributed by atoms with Gasteiger partial charge in [-0.25, -0.2) is 9.78 Å². The molecule has 128 valence electrons. The zero-order chi connectivity index (χ0) is 17.7. The van der Waals surface area contributed by atoms with Crippen molar-refractivity contribution in [1.29, 1.82) is 0 Å². The Labute approximate surface area is 141 Å². The Bertz CT molecular complexity index is 730. The summed E-state index contributed by atoms with van der Waals surface area (Å²) in [5, 5.41) is 9.34. The van der Waals surface area contributed by atoms with Gasteiger partial charge in [-0.15, -0.1) is 0 Å². The Hall–Kier alpha value is -2.63. The molecule has 1 aromatic heterocycles. The van der Waals surface area contributed by atoms with Crippen molar-refractivity contribution in [2.45, 2.75) is 33.6 Å². The summed E-state index contributed by atoms with van der Waals surface area (Å²) in [6.07, 6.45) is 3.18. The number of oxazole rings is 1. The van der Waals surface area contributed by atoms with Crippen LogP contribution in [-0.2, 0) is 0 Å². The monoisotopic (exact) mass is 330 g/mol. The van der Waals surface area contributed by atoms with Gasteiger partial charge in [-0.1, -0.05) is 13.8 Å². The number of nitrogens with zero attached hydrogens (tertiary/aromatic N) is 2. The van der Waals surface area contributed by atoms with E-state index in [2.05, 4.69) is 4.98 Å². The first kappa shape index (κ1) is 17.7. The van der Waals surface area contributed by atoms with Gasteiger partial charge in [-0.05, 0) is 38.0 Å². The number of rotatable bonds is 7. The molecule has 2 rings (SSSR count). The summed E-state index contributed by atoms with van der Waals surface area (Å²) >= 11 is 0. The molecule has 1 heterocycles. The van der Waals surface area contributed by atoms with E-state index in [1.54, 1.807) is 17.9 Å². The molecule has 24 heavy (non-hydrogen) atoms. The number of hydrogen-bond donors (Lipinski definition) is 1. The van der Waals surface area contributed by atoms with Crippen molar-refractivity contribution in [3.63, 3.8) is 0 Å². The van der Waals surface area contributed by atoms with Crippen LogP contribution in [0.1, 0.15) is 53.1 Å².